The second kappa shape index (κ2) is 7.74. The van der Waals surface area contributed by atoms with E-state index < -0.39 is 0 Å². The van der Waals surface area contributed by atoms with Crippen LogP contribution in [0.15, 0.2) is 36.5 Å². The van der Waals surface area contributed by atoms with Crippen LogP contribution in [0.1, 0.15) is 20.3 Å². The van der Waals surface area contributed by atoms with E-state index in [1.54, 1.807) is 11.0 Å². The summed E-state index contributed by atoms with van der Waals surface area (Å²) in [5.41, 5.74) is 2.22. The lowest BCUT2D eigenvalue weighted by atomic mass is 10.0. The van der Waals surface area contributed by atoms with Gasteiger partial charge < -0.3 is 9.64 Å². The molecule has 1 heterocycles. The highest BCUT2D eigenvalue weighted by molar-refractivity contribution is 5.68. The molecule has 1 rings (SSSR count). The summed E-state index contributed by atoms with van der Waals surface area (Å²) in [6, 6.07) is 0. The molecule has 0 fully saturated rings. The van der Waals surface area contributed by atoms with Crippen molar-refractivity contribution < 1.29 is 9.53 Å². The molecule has 0 unspecified atom stereocenters. The van der Waals surface area contributed by atoms with Gasteiger partial charge in [0.15, 0.2) is 0 Å². The van der Waals surface area contributed by atoms with Crippen LogP contribution in [0.4, 0.5) is 4.79 Å². The predicted octanol–water partition coefficient (Wildman–Crippen LogP) is 3.15. The maximum atomic E-state index is 11.2. The number of allylic oxidation sites excluding steroid dienone is 1. The predicted molar refractivity (Wildman–Crippen MR) is 67.4 cm³/mol. The smallest absolute Gasteiger partial charge is 0.409 e. The minimum Gasteiger partial charge on any atom is -0.453 e. The van der Waals surface area contributed by atoms with Gasteiger partial charge in [-0.2, -0.15) is 0 Å². The lowest BCUT2D eigenvalue weighted by Crippen LogP contribution is -2.36. The lowest BCUT2D eigenvalue weighted by Gasteiger charge is -2.27. The molecule has 1 aliphatic heterocycles. The number of hydrogen-bond acceptors (Lipinski definition) is 2. The maximum Gasteiger partial charge on any atom is 0.409 e. The molecule has 1 aliphatic rings. The maximum absolute atomic E-state index is 11.2. The molecule has 0 saturated carbocycles. The van der Waals surface area contributed by atoms with E-state index in [-0.39, 0.29) is 6.09 Å². The molecule has 16 heavy (non-hydrogen) atoms. The highest BCUT2D eigenvalue weighted by Gasteiger charge is 2.20. The molecular formula is C13H21NO2. The molecule has 1 amide bonds. The van der Waals surface area contributed by atoms with Crippen LogP contribution in [-0.2, 0) is 4.74 Å². The molecule has 0 radical (unpaired) electrons. The van der Waals surface area contributed by atoms with Gasteiger partial charge in [-0.05, 0) is 17.6 Å². The van der Waals surface area contributed by atoms with Crippen LogP contribution >= 0.6 is 0 Å². The molecule has 0 aromatic heterocycles. The second-order valence-electron chi connectivity index (χ2n) is 3.10. The average molecular weight is 223 g/mol. The Kier molecular flexibility index (Phi) is 7.01. The van der Waals surface area contributed by atoms with Crippen LogP contribution in [0.3, 0.4) is 0 Å². The number of carbonyl (C=O) groups is 1. The van der Waals surface area contributed by atoms with Crippen LogP contribution in [-0.4, -0.2) is 31.2 Å². The molecular weight excluding hydrogens is 202 g/mol. The first kappa shape index (κ1) is 14.5. The monoisotopic (exact) mass is 223 g/mol. The summed E-state index contributed by atoms with van der Waals surface area (Å²) >= 11 is 0. The fourth-order valence-electron chi connectivity index (χ4n) is 1.52. The quantitative estimate of drug-likeness (QED) is 0.719. The van der Waals surface area contributed by atoms with Crippen molar-refractivity contribution in [2.45, 2.75) is 20.3 Å². The Bertz CT molecular complexity index is 292. The zero-order valence-electron chi connectivity index (χ0n) is 10.5. The van der Waals surface area contributed by atoms with E-state index in [4.69, 9.17) is 0 Å². The van der Waals surface area contributed by atoms with Gasteiger partial charge in [0.05, 0.1) is 7.11 Å². The summed E-state index contributed by atoms with van der Waals surface area (Å²) in [4.78, 5) is 12.9. The third-order valence-corrected chi connectivity index (χ3v) is 2.35. The van der Waals surface area contributed by atoms with Crippen LogP contribution in [0.25, 0.3) is 0 Å². The van der Waals surface area contributed by atoms with E-state index in [1.807, 2.05) is 19.9 Å². The van der Waals surface area contributed by atoms with E-state index in [1.165, 1.54) is 12.7 Å². The molecule has 0 N–H and O–H groups in total. The molecule has 0 aromatic rings. The van der Waals surface area contributed by atoms with Gasteiger partial charge in [0.25, 0.3) is 0 Å². The SMILES string of the molecule is C=CC1=C(C=C)CN(C(=O)OC)CC1.CC. The number of nitrogens with zero attached hydrogens (tertiary/aromatic N) is 1. The number of carbonyl (C=O) groups excluding carboxylic acids is 1. The van der Waals surface area contributed by atoms with Crippen molar-refractivity contribution in [1.29, 1.82) is 0 Å². The molecule has 0 aliphatic carbocycles. The van der Waals surface area contributed by atoms with Crippen molar-refractivity contribution >= 4 is 6.09 Å². The van der Waals surface area contributed by atoms with Gasteiger partial charge in [0.2, 0.25) is 0 Å². The third-order valence-electron chi connectivity index (χ3n) is 2.35. The Balaban J connectivity index is 0.00000106. The van der Waals surface area contributed by atoms with Crippen LogP contribution in [0.2, 0.25) is 0 Å². The van der Waals surface area contributed by atoms with Gasteiger partial charge in [0.1, 0.15) is 0 Å². The fraction of sp³-hybridized carbons (Fsp3) is 0.462. The molecule has 0 atom stereocenters. The molecule has 90 valence electrons. The minimum absolute atomic E-state index is 0.285. The Labute approximate surface area is 98.1 Å². The standard InChI is InChI=1S/C11H15NO2.C2H6/c1-4-9-6-7-12(11(13)14-3)8-10(9)5-2;1-2/h4-5H,1-2,6-8H2,3H3;1-2H3. The van der Waals surface area contributed by atoms with E-state index >= 15 is 0 Å². The van der Waals surface area contributed by atoms with E-state index in [0.717, 1.165) is 12.0 Å². The van der Waals surface area contributed by atoms with Crippen molar-refractivity contribution in [1.82, 2.24) is 4.90 Å². The van der Waals surface area contributed by atoms with Gasteiger partial charge in [0, 0.05) is 13.1 Å². The third kappa shape index (κ3) is 3.57. The van der Waals surface area contributed by atoms with Crippen LogP contribution in [0, 0.1) is 0 Å². The minimum atomic E-state index is -0.285. The van der Waals surface area contributed by atoms with Gasteiger partial charge in [-0.25, -0.2) is 4.79 Å². The first-order chi connectivity index (χ1) is 7.72. The van der Waals surface area contributed by atoms with E-state index in [0.29, 0.717) is 13.1 Å². The van der Waals surface area contributed by atoms with Crippen molar-refractivity contribution in [3.63, 3.8) is 0 Å². The molecule has 0 spiro atoms. The summed E-state index contributed by atoms with van der Waals surface area (Å²) in [5.74, 6) is 0. The Morgan fingerprint density at radius 1 is 1.31 bits per heavy atom. The van der Waals surface area contributed by atoms with Crippen LogP contribution in [0.5, 0.6) is 0 Å². The molecule has 3 nitrogen and oxygen atoms in total. The van der Waals surface area contributed by atoms with Crippen LogP contribution < -0.4 is 0 Å². The van der Waals surface area contributed by atoms with Gasteiger partial charge in [-0.1, -0.05) is 39.2 Å². The van der Waals surface area contributed by atoms with Crippen molar-refractivity contribution in [2.24, 2.45) is 0 Å². The Hall–Kier alpha value is -1.51. The van der Waals surface area contributed by atoms with Crippen molar-refractivity contribution in [3.05, 3.63) is 36.5 Å². The largest absolute Gasteiger partial charge is 0.453 e. The summed E-state index contributed by atoms with van der Waals surface area (Å²) in [7, 11) is 1.39. The molecule has 0 bridgehead atoms. The highest BCUT2D eigenvalue weighted by atomic mass is 16.5. The number of rotatable bonds is 2. The number of methoxy groups -OCH3 is 1. The second-order valence-corrected chi connectivity index (χ2v) is 3.10. The highest BCUT2D eigenvalue weighted by Crippen LogP contribution is 2.19. The molecule has 3 heteroatoms. The van der Waals surface area contributed by atoms with E-state index in [2.05, 4.69) is 17.9 Å². The summed E-state index contributed by atoms with van der Waals surface area (Å²) in [6.45, 7) is 12.7. The number of hydrogen-bond donors (Lipinski definition) is 0. The number of amides is 1. The Morgan fingerprint density at radius 2 is 1.88 bits per heavy atom. The lowest BCUT2D eigenvalue weighted by molar-refractivity contribution is 0.126. The zero-order chi connectivity index (χ0) is 12.6. The fourth-order valence-corrected chi connectivity index (χ4v) is 1.52. The topological polar surface area (TPSA) is 29.5 Å². The van der Waals surface area contributed by atoms with Gasteiger partial charge >= 0.3 is 6.09 Å². The van der Waals surface area contributed by atoms with E-state index in [9.17, 15) is 4.79 Å². The van der Waals surface area contributed by atoms with Crippen molar-refractivity contribution in [2.75, 3.05) is 20.2 Å². The summed E-state index contributed by atoms with van der Waals surface area (Å²) in [6.07, 6.45) is 4.13. The molecule has 0 saturated heterocycles. The number of ether oxygens (including phenoxy) is 1. The first-order valence-corrected chi connectivity index (χ1v) is 5.52. The first-order valence-electron chi connectivity index (χ1n) is 5.52. The van der Waals surface area contributed by atoms with Gasteiger partial charge in [-0.15, -0.1) is 0 Å². The summed E-state index contributed by atoms with van der Waals surface area (Å²) in [5, 5.41) is 0. The zero-order valence-corrected chi connectivity index (χ0v) is 10.5. The summed E-state index contributed by atoms with van der Waals surface area (Å²) < 4.78 is 4.66. The van der Waals surface area contributed by atoms with Crippen molar-refractivity contribution in [3.8, 4) is 0 Å². The average Bonchev–Trinajstić information content (AvgIpc) is 2.39. The normalized spacial score (nSPS) is 14.8. The Morgan fingerprint density at radius 3 is 2.31 bits per heavy atom. The molecule has 0 aromatic carbocycles. The van der Waals surface area contributed by atoms with Gasteiger partial charge in [-0.3, -0.25) is 0 Å².